The fourth-order valence-electron chi connectivity index (χ4n) is 3.73. The topological polar surface area (TPSA) is 53.4 Å². The zero-order valence-electron chi connectivity index (χ0n) is 14.2. The molecule has 1 amide bonds. The third-order valence-corrected chi connectivity index (χ3v) is 4.91. The minimum Gasteiger partial charge on any atom is -0.339 e. The lowest BCUT2D eigenvalue weighted by Gasteiger charge is -2.45. The van der Waals surface area contributed by atoms with Crippen molar-refractivity contribution >= 4 is 18.3 Å². The summed E-state index contributed by atoms with van der Waals surface area (Å²) < 4.78 is 2.07. The summed E-state index contributed by atoms with van der Waals surface area (Å²) in [5, 5.41) is 3.45. The lowest BCUT2D eigenvalue weighted by Crippen LogP contribution is -2.59. The fraction of sp³-hybridized carbons (Fsp3) is 0.750. The van der Waals surface area contributed by atoms with Crippen molar-refractivity contribution in [3.63, 3.8) is 0 Å². The van der Waals surface area contributed by atoms with Crippen molar-refractivity contribution in [2.75, 3.05) is 26.2 Å². The van der Waals surface area contributed by atoms with Gasteiger partial charge in [0.2, 0.25) is 5.91 Å². The third-order valence-electron chi connectivity index (χ3n) is 4.91. The number of rotatable bonds is 3. The van der Waals surface area contributed by atoms with Gasteiger partial charge in [0.05, 0.1) is 12.1 Å². The normalized spacial score (nSPS) is 26.4. The number of aromatic nitrogens is 2. The number of imidazole rings is 1. The summed E-state index contributed by atoms with van der Waals surface area (Å²) in [6, 6.07) is 0.458. The first-order valence-electron chi connectivity index (χ1n) is 8.33. The molecule has 130 valence electrons. The van der Waals surface area contributed by atoms with Gasteiger partial charge in [-0.1, -0.05) is 0 Å². The van der Waals surface area contributed by atoms with E-state index in [-0.39, 0.29) is 30.5 Å². The number of amides is 1. The van der Waals surface area contributed by atoms with E-state index in [9.17, 15) is 4.79 Å². The second-order valence-corrected chi connectivity index (χ2v) is 6.64. The highest BCUT2D eigenvalue weighted by Crippen LogP contribution is 2.28. The Balaban J connectivity index is 0.00000192. The van der Waals surface area contributed by atoms with Crippen LogP contribution in [0.3, 0.4) is 0 Å². The number of carbonyl (C=O) groups is 1. The lowest BCUT2D eigenvalue weighted by molar-refractivity contribution is -0.144. The van der Waals surface area contributed by atoms with Crippen LogP contribution in [0, 0.1) is 0 Å². The van der Waals surface area contributed by atoms with E-state index in [0.717, 1.165) is 44.8 Å². The van der Waals surface area contributed by atoms with Gasteiger partial charge in [-0.3, -0.25) is 9.69 Å². The van der Waals surface area contributed by atoms with Crippen molar-refractivity contribution in [1.82, 2.24) is 24.7 Å². The van der Waals surface area contributed by atoms with Crippen molar-refractivity contribution in [3.8, 4) is 0 Å². The van der Waals surface area contributed by atoms with Gasteiger partial charge in [-0.2, -0.15) is 0 Å². The summed E-state index contributed by atoms with van der Waals surface area (Å²) in [5.41, 5.74) is 0. The van der Waals surface area contributed by atoms with Crippen LogP contribution in [0.1, 0.15) is 38.6 Å². The van der Waals surface area contributed by atoms with Crippen molar-refractivity contribution in [2.24, 2.45) is 7.05 Å². The molecule has 0 aromatic carbocycles. The number of nitrogens with zero attached hydrogens (tertiary/aromatic N) is 4. The number of aryl methyl sites for hydroxylation is 1. The molecule has 1 aromatic heterocycles. The van der Waals surface area contributed by atoms with Crippen LogP contribution in [0.5, 0.6) is 0 Å². The maximum atomic E-state index is 12.9. The highest BCUT2D eigenvalue weighted by atomic mass is 35.5. The molecule has 0 radical (unpaired) electrons. The van der Waals surface area contributed by atoms with E-state index in [1.807, 2.05) is 24.3 Å². The van der Waals surface area contributed by atoms with E-state index < -0.39 is 0 Å². The van der Waals surface area contributed by atoms with Crippen LogP contribution in [0.4, 0.5) is 0 Å². The van der Waals surface area contributed by atoms with E-state index in [4.69, 9.17) is 0 Å². The number of piperidine rings is 1. The Labute approximate surface area is 144 Å². The van der Waals surface area contributed by atoms with Crippen LogP contribution in [-0.2, 0) is 11.8 Å². The summed E-state index contributed by atoms with van der Waals surface area (Å²) >= 11 is 0. The van der Waals surface area contributed by atoms with E-state index in [2.05, 4.69) is 33.6 Å². The quantitative estimate of drug-likeness (QED) is 0.897. The Hall–Kier alpha value is -1.11. The van der Waals surface area contributed by atoms with Gasteiger partial charge in [0.1, 0.15) is 5.82 Å². The Morgan fingerprint density at radius 1 is 1.30 bits per heavy atom. The van der Waals surface area contributed by atoms with Gasteiger partial charge in [0, 0.05) is 51.7 Å². The van der Waals surface area contributed by atoms with Crippen LogP contribution >= 0.6 is 12.4 Å². The Kier molecular flexibility index (Phi) is 6.06. The summed E-state index contributed by atoms with van der Waals surface area (Å²) in [6.07, 6.45) is 5.87. The first-order valence-corrected chi connectivity index (χ1v) is 8.33. The zero-order valence-corrected chi connectivity index (χ0v) is 15.1. The summed E-state index contributed by atoms with van der Waals surface area (Å²) in [6.45, 7) is 7.80. The monoisotopic (exact) mass is 341 g/mol. The number of carbonyl (C=O) groups excluding carboxylic acids is 1. The molecule has 2 aliphatic heterocycles. The maximum absolute atomic E-state index is 12.9. The molecule has 3 rings (SSSR count). The maximum Gasteiger partial charge on any atom is 0.240 e. The summed E-state index contributed by atoms with van der Waals surface area (Å²) in [7, 11) is 2.03. The molecule has 1 N–H and O–H groups in total. The second kappa shape index (κ2) is 7.64. The van der Waals surface area contributed by atoms with Gasteiger partial charge < -0.3 is 14.8 Å². The van der Waals surface area contributed by atoms with E-state index in [0.29, 0.717) is 5.91 Å². The van der Waals surface area contributed by atoms with Crippen LogP contribution in [0.15, 0.2) is 12.4 Å². The fourth-order valence-corrected chi connectivity index (χ4v) is 3.73. The first kappa shape index (κ1) is 18.2. The van der Waals surface area contributed by atoms with Crippen molar-refractivity contribution in [1.29, 1.82) is 0 Å². The molecular formula is C16H28ClN5O. The van der Waals surface area contributed by atoms with Crippen molar-refractivity contribution < 1.29 is 4.79 Å². The molecule has 0 saturated carbocycles. The molecule has 0 bridgehead atoms. The van der Waals surface area contributed by atoms with E-state index >= 15 is 0 Å². The highest BCUT2D eigenvalue weighted by Gasteiger charge is 2.39. The molecule has 1 aromatic rings. The van der Waals surface area contributed by atoms with E-state index in [1.165, 1.54) is 0 Å². The summed E-state index contributed by atoms with van der Waals surface area (Å²) in [4.78, 5) is 21.8. The minimum atomic E-state index is -0.0000463. The van der Waals surface area contributed by atoms with Crippen LogP contribution in [0.25, 0.3) is 0 Å². The molecule has 2 fully saturated rings. The smallest absolute Gasteiger partial charge is 0.240 e. The Bertz CT molecular complexity index is 532. The second-order valence-electron chi connectivity index (χ2n) is 6.64. The Morgan fingerprint density at radius 3 is 2.74 bits per heavy atom. The van der Waals surface area contributed by atoms with Crippen molar-refractivity contribution in [2.45, 2.75) is 44.8 Å². The molecule has 0 aliphatic carbocycles. The third kappa shape index (κ3) is 3.54. The number of nitrogens with one attached hydrogen (secondary N) is 1. The average Bonchev–Trinajstić information content (AvgIpc) is 2.93. The van der Waals surface area contributed by atoms with Gasteiger partial charge in [0.25, 0.3) is 0 Å². The number of halogens is 1. The number of hydrogen-bond acceptors (Lipinski definition) is 4. The summed E-state index contributed by atoms with van der Waals surface area (Å²) in [5.74, 6) is 1.34. The minimum absolute atomic E-state index is 0. The molecule has 0 spiro atoms. The zero-order chi connectivity index (χ0) is 15.7. The molecule has 2 aliphatic rings. The molecule has 2 atom stereocenters. The molecular weight excluding hydrogens is 314 g/mol. The van der Waals surface area contributed by atoms with Crippen LogP contribution < -0.4 is 5.32 Å². The van der Waals surface area contributed by atoms with E-state index in [1.54, 1.807) is 0 Å². The van der Waals surface area contributed by atoms with Crippen LogP contribution in [0.2, 0.25) is 0 Å². The lowest BCUT2D eigenvalue weighted by atomic mass is 9.98. The largest absolute Gasteiger partial charge is 0.339 e. The first-order chi connectivity index (χ1) is 10.6. The van der Waals surface area contributed by atoms with Crippen LogP contribution in [-0.4, -0.2) is 63.5 Å². The standard InChI is InChI=1S/C16H27N5O.ClH/c1-12(2)20-8-4-5-13(16(20)22)21-10-6-17-11-14(21)15-18-7-9-19(15)3;/h7,9,12-14,17H,4-6,8,10-11H2,1-3H3;1H. The van der Waals surface area contributed by atoms with Gasteiger partial charge >= 0.3 is 0 Å². The van der Waals surface area contributed by atoms with Gasteiger partial charge in [0.15, 0.2) is 0 Å². The predicted molar refractivity (Wildman–Crippen MR) is 92.6 cm³/mol. The average molecular weight is 342 g/mol. The van der Waals surface area contributed by atoms with Gasteiger partial charge in [-0.05, 0) is 26.7 Å². The van der Waals surface area contributed by atoms with Crippen molar-refractivity contribution in [3.05, 3.63) is 18.2 Å². The molecule has 6 nitrogen and oxygen atoms in total. The number of hydrogen-bond donors (Lipinski definition) is 1. The number of likely N-dealkylation sites (tertiary alicyclic amines) is 1. The SMILES string of the molecule is CC(C)N1CCCC(N2CCNCC2c2nccn2C)C1=O.Cl. The van der Waals surface area contributed by atoms with Gasteiger partial charge in [-0.25, -0.2) is 4.98 Å². The van der Waals surface area contributed by atoms with Gasteiger partial charge in [-0.15, -0.1) is 12.4 Å². The molecule has 3 heterocycles. The molecule has 2 unspecified atom stereocenters. The number of piperazine rings is 1. The predicted octanol–water partition coefficient (Wildman–Crippen LogP) is 1.19. The molecule has 23 heavy (non-hydrogen) atoms. The Morgan fingerprint density at radius 2 is 2.09 bits per heavy atom. The molecule has 2 saturated heterocycles. The molecule has 7 heteroatoms. The highest BCUT2D eigenvalue weighted by molar-refractivity contribution is 5.85.